The minimum atomic E-state index is -2.35. The van der Waals surface area contributed by atoms with Crippen LogP contribution in [0.3, 0.4) is 0 Å². The fourth-order valence-corrected chi connectivity index (χ4v) is 12.5. The topological polar surface area (TPSA) is 219 Å². The van der Waals surface area contributed by atoms with E-state index in [1.165, 1.54) is 32.4 Å². The summed E-state index contributed by atoms with van der Waals surface area (Å²) in [6.07, 6.45) is -4.04. The highest BCUT2D eigenvalue weighted by Crippen LogP contribution is 2.88. The van der Waals surface area contributed by atoms with E-state index in [4.69, 9.17) is 47.0 Å². The summed E-state index contributed by atoms with van der Waals surface area (Å²) < 4.78 is 61.6. The molecule has 0 amide bonds. The van der Waals surface area contributed by atoms with Gasteiger partial charge >= 0.3 is 35.8 Å². The second-order valence-corrected chi connectivity index (χ2v) is 16.3. The summed E-state index contributed by atoms with van der Waals surface area (Å²) in [6.45, 7) is 10.9. The largest absolute Gasteiger partial charge is 0.472 e. The van der Waals surface area contributed by atoms with E-state index >= 15 is 0 Å². The minimum Gasteiger partial charge on any atom is -0.472 e. The first-order chi connectivity index (χ1) is 25.1. The maximum Gasteiger partial charge on any atom is 0.347 e. The van der Waals surface area contributed by atoms with Gasteiger partial charge in [-0.2, -0.15) is 0 Å². The lowest BCUT2D eigenvalue weighted by Gasteiger charge is -2.76. The van der Waals surface area contributed by atoms with Gasteiger partial charge in [0.15, 0.2) is 11.7 Å². The third-order valence-electron chi connectivity index (χ3n) is 13.6. The van der Waals surface area contributed by atoms with Crippen molar-refractivity contribution in [3.05, 3.63) is 35.8 Å². The smallest absolute Gasteiger partial charge is 0.347 e. The van der Waals surface area contributed by atoms with Crippen LogP contribution in [-0.2, 0) is 71.4 Å². The standard InChI is InChI=1S/C37H42O17/c1-16(38)47-22-13-35-32(7)25(24(27(43)45-9)48-17(2)39)30(5)15-34(32,44)37(51-19(4)41,28(30)49-18(3)40)29-36(35,54-33(8,52-29)53-35)21-12-23(42)50-26(31(21,22)6)20-10-11-46-14-20/h10-12,14,22,24-26,28-29,44H,13,15H2,1-9H3/t22-,24+,25?,26+,28-,29-,30-,31-,32+,33-,34+,35-,36+,37-/m1/s1. The lowest BCUT2D eigenvalue weighted by atomic mass is 9.34. The van der Waals surface area contributed by atoms with E-state index in [0.29, 0.717) is 5.56 Å². The number of rotatable bonds is 7. The Morgan fingerprint density at radius 1 is 0.944 bits per heavy atom. The zero-order valence-corrected chi connectivity index (χ0v) is 31.2. The number of furan rings is 1. The summed E-state index contributed by atoms with van der Waals surface area (Å²) in [7, 11) is 1.10. The molecule has 2 saturated heterocycles. The Kier molecular flexibility index (Phi) is 7.26. The van der Waals surface area contributed by atoms with Crippen molar-refractivity contribution in [2.45, 2.75) is 127 Å². The average molecular weight is 759 g/mol. The third kappa shape index (κ3) is 3.78. The Morgan fingerprint density at radius 3 is 2.20 bits per heavy atom. The summed E-state index contributed by atoms with van der Waals surface area (Å²) in [5, 5.41) is 13.8. The van der Waals surface area contributed by atoms with Gasteiger partial charge in [0, 0.05) is 69.4 Å². The van der Waals surface area contributed by atoms with Crippen LogP contribution in [0, 0.1) is 22.2 Å². The molecule has 17 heteroatoms. The second kappa shape index (κ2) is 10.7. The van der Waals surface area contributed by atoms with Gasteiger partial charge in [-0.1, -0.05) is 13.8 Å². The highest BCUT2D eigenvalue weighted by molar-refractivity contribution is 5.86. The van der Waals surface area contributed by atoms with E-state index in [2.05, 4.69) is 0 Å². The number of methoxy groups -OCH3 is 1. The van der Waals surface area contributed by atoms with Crippen LogP contribution >= 0.6 is 0 Å². The number of ether oxygens (including phenoxy) is 9. The van der Waals surface area contributed by atoms with Gasteiger partial charge in [-0.15, -0.1) is 0 Å². The lowest BCUT2D eigenvalue weighted by Crippen LogP contribution is -2.94. The monoisotopic (exact) mass is 758 g/mol. The summed E-state index contributed by atoms with van der Waals surface area (Å²) in [5.74, 6) is -8.55. The molecule has 8 rings (SSSR count). The molecule has 0 aromatic carbocycles. The summed E-state index contributed by atoms with van der Waals surface area (Å²) in [4.78, 5) is 80.3. The van der Waals surface area contributed by atoms with E-state index in [0.717, 1.165) is 27.9 Å². The molecule has 1 spiro atoms. The van der Waals surface area contributed by atoms with Crippen LogP contribution in [0.1, 0.15) is 79.9 Å². The predicted molar refractivity (Wildman–Crippen MR) is 172 cm³/mol. The van der Waals surface area contributed by atoms with Gasteiger partial charge in [-0.25, -0.2) is 9.59 Å². The normalized spacial score (nSPS) is 47.7. The number of esters is 6. The molecule has 7 aliphatic rings. The van der Waals surface area contributed by atoms with Gasteiger partial charge in [0.1, 0.15) is 29.5 Å². The highest BCUT2D eigenvalue weighted by Gasteiger charge is 3.04. The fraction of sp³-hybridized carbons (Fsp3) is 0.676. The van der Waals surface area contributed by atoms with Crippen molar-refractivity contribution >= 4 is 35.8 Å². The van der Waals surface area contributed by atoms with Crippen molar-refractivity contribution in [2.75, 3.05) is 7.11 Å². The number of hydrogen-bond acceptors (Lipinski definition) is 17. The number of hydrogen-bond donors (Lipinski definition) is 1. The van der Waals surface area contributed by atoms with Crippen molar-refractivity contribution in [3.63, 3.8) is 0 Å². The molecule has 1 aromatic heterocycles. The van der Waals surface area contributed by atoms with E-state index in [-0.39, 0.29) is 18.4 Å². The van der Waals surface area contributed by atoms with Crippen molar-refractivity contribution in [2.24, 2.45) is 22.2 Å². The van der Waals surface area contributed by atoms with Crippen LogP contribution in [-0.4, -0.2) is 101 Å². The van der Waals surface area contributed by atoms with Crippen LogP contribution in [0.4, 0.5) is 0 Å². The Morgan fingerprint density at radius 2 is 1.63 bits per heavy atom. The second-order valence-electron chi connectivity index (χ2n) is 16.3. The zero-order chi connectivity index (χ0) is 39.4. The Balaban J connectivity index is 1.53. The molecule has 4 bridgehead atoms. The highest BCUT2D eigenvalue weighted by atomic mass is 17.0. The van der Waals surface area contributed by atoms with Gasteiger partial charge in [0.05, 0.1) is 25.1 Å². The third-order valence-corrected chi connectivity index (χ3v) is 13.6. The summed E-state index contributed by atoms with van der Waals surface area (Å²) >= 11 is 0. The van der Waals surface area contributed by atoms with Crippen molar-refractivity contribution in [1.82, 2.24) is 0 Å². The molecule has 3 aliphatic heterocycles. The van der Waals surface area contributed by atoms with Crippen LogP contribution in [0.5, 0.6) is 0 Å². The molecule has 0 radical (unpaired) electrons. The number of aliphatic hydroxyl groups is 1. The number of cyclic esters (lactones) is 1. The lowest BCUT2D eigenvalue weighted by molar-refractivity contribution is -0.448. The summed E-state index contributed by atoms with van der Waals surface area (Å²) in [6, 6.07) is 1.59. The molecule has 17 nitrogen and oxygen atoms in total. The van der Waals surface area contributed by atoms with Gasteiger partial charge in [0.25, 0.3) is 5.97 Å². The number of carbonyl (C=O) groups is 6. The maximum atomic E-state index is 13.9. The van der Waals surface area contributed by atoms with Gasteiger partial charge in [0.2, 0.25) is 11.7 Å². The predicted octanol–water partition coefficient (Wildman–Crippen LogP) is 1.87. The summed E-state index contributed by atoms with van der Waals surface area (Å²) in [5.41, 5.74) is -13.2. The fourth-order valence-electron chi connectivity index (χ4n) is 12.5. The van der Waals surface area contributed by atoms with Gasteiger partial charge in [-0.05, 0) is 25.0 Å². The Labute approximate surface area is 308 Å². The molecule has 1 N–H and O–H groups in total. The Bertz CT molecular complexity index is 1940. The molecule has 6 fully saturated rings. The van der Waals surface area contributed by atoms with Crippen molar-refractivity contribution < 1.29 is 80.9 Å². The molecule has 1 unspecified atom stereocenters. The molecule has 4 aliphatic carbocycles. The van der Waals surface area contributed by atoms with Crippen molar-refractivity contribution in [1.29, 1.82) is 0 Å². The van der Waals surface area contributed by atoms with Crippen LogP contribution in [0.15, 0.2) is 34.7 Å². The molecule has 54 heavy (non-hydrogen) atoms. The SMILES string of the molecule is COC(=O)[C@@H](OC(C)=O)C1[C@@]2(C)[C@@]3(O)C[C@@]1(C)[C@@H](OC(C)=O)[C@@]3(OC(C)=O)[C@@H]1O[C@]3(C)O[C@]24C[C@@H](OC(C)=O)[C@@]2(C)C(=CC(=O)O[C@H]2c2ccoc2)[C@]14O3. The molecule has 4 heterocycles. The van der Waals surface area contributed by atoms with Crippen LogP contribution in [0.25, 0.3) is 0 Å². The molecule has 4 saturated carbocycles. The molecular weight excluding hydrogens is 716 g/mol. The van der Waals surface area contributed by atoms with Gasteiger partial charge in [-0.3, -0.25) is 19.2 Å². The first-order valence-electron chi connectivity index (χ1n) is 17.6. The molecule has 1 aromatic rings. The average Bonchev–Trinajstić information content (AvgIpc) is 3.83. The zero-order valence-electron chi connectivity index (χ0n) is 31.2. The van der Waals surface area contributed by atoms with E-state index in [1.54, 1.807) is 26.8 Å². The van der Waals surface area contributed by atoms with Crippen LogP contribution in [0.2, 0.25) is 0 Å². The molecule has 292 valence electrons. The quantitative estimate of drug-likeness (QED) is 0.310. The number of carbonyl (C=O) groups excluding carboxylic acids is 6. The minimum absolute atomic E-state index is 0.124. The first-order valence-corrected chi connectivity index (χ1v) is 17.6. The maximum absolute atomic E-state index is 13.9. The van der Waals surface area contributed by atoms with E-state index in [1.807, 2.05) is 0 Å². The van der Waals surface area contributed by atoms with E-state index in [9.17, 15) is 33.9 Å². The Hall–Kier alpha value is -4.32. The van der Waals surface area contributed by atoms with E-state index < -0.39 is 117 Å². The van der Waals surface area contributed by atoms with Gasteiger partial charge < -0.3 is 52.2 Å². The van der Waals surface area contributed by atoms with Crippen molar-refractivity contribution in [3.8, 4) is 0 Å². The molecule has 14 atom stereocenters. The molecular formula is C37H42O17. The van der Waals surface area contributed by atoms with Crippen LogP contribution < -0.4 is 0 Å². The first kappa shape index (κ1) is 36.6. The number of fused-ring (bicyclic) bond motifs is 4.